The van der Waals surface area contributed by atoms with E-state index >= 15 is 0 Å². The Morgan fingerprint density at radius 2 is 2.53 bits per heavy atom. The number of hydrogen-bond donors (Lipinski definition) is 1. The zero-order valence-electron chi connectivity index (χ0n) is 10.5. The van der Waals surface area contributed by atoms with E-state index in [2.05, 4.69) is 17.2 Å². The molecule has 0 amide bonds. The molecule has 1 aromatic rings. The lowest BCUT2D eigenvalue weighted by Gasteiger charge is -2.24. The van der Waals surface area contributed by atoms with Gasteiger partial charge in [-0.25, -0.2) is 0 Å². The molecule has 2 heterocycles. The predicted molar refractivity (Wildman–Crippen MR) is 66.1 cm³/mol. The van der Waals surface area contributed by atoms with Gasteiger partial charge in [0.25, 0.3) is 0 Å². The topological polar surface area (TPSA) is 43.4 Å². The molecule has 0 radical (unpaired) electrons. The average molecular weight is 236 g/mol. The maximum atomic E-state index is 5.47. The van der Waals surface area contributed by atoms with Crippen LogP contribution >= 0.6 is 0 Å². The number of nitrogens with one attached hydrogen (secondary N) is 1. The van der Waals surface area contributed by atoms with Crippen LogP contribution in [0.15, 0.2) is 18.3 Å². The monoisotopic (exact) mass is 236 g/mol. The molecule has 0 aromatic carbocycles. The fourth-order valence-electron chi connectivity index (χ4n) is 2.33. The molecule has 1 saturated heterocycles. The van der Waals surface area contributed by atoms with Crippen LogP contribution in [0.3, 0.4) is 0 Å². The van der Waals surface area contributed by atoms with Crippen molar-refractivity contribution in [3.05, 3.63) is 24.0 Å². The number of rotatable bonds is 5. The summed E-state index contributed by atoms with van der Waals surface area (Å²) < 4.78 is 10.9. The number of nitrogens with zero attached hydrogens (tertiary/aromatic N) is 1. The lowest BCUT2D eigenvalue weighted by molar-refractivity contribution is 0.176. The third-order valence-electron chi connectivity index (χ3n) is 3.17. The van der Waals surface area contributed by atoms with E-state index in [1.54, 1.807) is 7.11 Å². The highest BCUT2D eigenvalue weighted by Crippen LogP contribution is 2.32. The Hall–Kier alpha value is -1.13. The first-order chi connectivity index (χ1) is 8.36. The third-order valence-corrected chi connectivity index (χ3v) is 3.17. The molecule has 1 aromatic heterocycles. The number of aromatic nitrogens is 1. The Labute approximate surface area is 102 Å². The van der Waals surface area contributed by atoms with Gasteiger partial charge in [0.05, 0.1) is 25.5 Å². The van der Waals surface area contributed by atoms with Crippen LogP contribution < -0.4 is 10.1 Å². The van der Waals surface area contributed by atoms with Crippen molar-refractivity contribution < 1.29 is 9.47 Å². The van der Waals surface area contributed by atoms with E-state index in [1.807, 2.05) is 18.3 Å². The summed E-state index contributed by atoms with van der Waals surface area (Å²) in [5.74, 6) is 1.34. The van der Waals surface area contributed by atoms with Gasteiger partial charge in [-0.2, -0.15) is 0 Å². The van der Waals surface area contributed by atoms with Crippen molar-refractivity contribution in [3.8, 4) is 5.75 Å². The Morgan fingerprint density at radius 3 is 3.18 bits per heavy atom. The van der Waals surface area contributed by atoms with E-state index in [9.17, 15) is 0 Å². The Balaban J connectivity index is 2.24. The largest absolute Gasteiger partial charge is 0.495 e. The van der Waals surface area contributed by atoms with Crippen LogP contribution in [0.4, 0.5) is 0 Å². The van der Waals surface area contributed by atoms with Crippen molar-refractivity contribution in [1.29, 1.82) is 0 Å². The Kier molecular flexibility index (Phi) is 4.34. The molecule has 1 aliphatic rings. The van der Waals surface area contributed by atoms with Crippen molar-refractivity contribution in [2.45, 2.75) is 19.4 Å². The standard InChI is InChI=1S/C13H20N2O2/c1-3-14-12(10-6-8-17-9-10)13-11(16-2)5-4-7-15-13/h4-5,7,10,12,14H,3,6,8-9H2,1-2H3. The number of pyridine rings is 1. The summed E-state index contributed by atoms with van der Waals surface area (Å²) in [5.41, 5.74) is 0.993. The van der Waals surface area contributed by atoms with Crippen LogP contribution in [0, 0.1) is 5.92 Å². The summed E-state index contributed by atoms with van der Waals surface area (Å²) in [6.45, 7) is 4.68. The molecule has 1 aliphatic heterocycles. The summed E-state index contributed by atoms with van der Waals surface area (Å²) in [6.07, 6.45) is 2.90. The second kappa shape index (κ2) is 5.98. The first-order valence-corrected chi connectivity index (χ1v) is 6.16. The maximum absolute atomic E-state index is 5.47. The lowest BCUT2D eigenvalue weighted by atomic mass is 9.95. The van der Waals surface area contributed by atoms with Gasteiger partial charge in [-0.3, -0.25) is 4.98 Å². The van der Waals surface area contributed by atoms with Crippen LogP contribution in [0.1, 0.15) is 25.1 Å². The Bertz CT molecular complexity index is 351. The SMILES string of the molecule is CCNC(c1ncccc1OC)C1CCOC1. The summed E-state index contributed by atoms with van der Waals surface area (Å²) in [7, 11) is 1.69. The second-order valence-electron chi connectivity index (χ2n) is 4.25. The molecule has 1 fully saturated rings. The van der Waals surface area contributed by atoms with Crippen LogP contribution in [-0.2, 0) is 4.74 Å². The molecular weight excluding hydrogens is 216 g/mol. The number of ether oxygens (including phenoxy) is 2. The van der Waals surface area contributed by atoms with Gasteiger partial charge in [-0.15, -0.1) is 0 Å². The summed E-state index contributed by atoms with van der Waals surface area (Å²) >= 11 is 0. The fourth-order valence-corrected chi connectivity index (χ4v) is 2.33. The molecule has 4 heteroatoms. The molecule has 2 rings (SSSR count). The van der Waals surface area contributed by atoms with Crippen LogP contribution in [0.2, 0.25) is 0 Å². The van der Waals surface area contributed by atoms with Gasteiger partial charge in [0.1, 0.15) is 5.75 Å². The molecule has 0 saturated carbocycles. The smallest absolute Gasteiger partial charge is 0.141 e. The molecule has 0 bridgehead atoms. The minimum atomic E-state index is 0.221. The lowest BCUT2D eigenvalue weighted by Crippen LogP contribution is -2.29. The minimum Gasteiger partial charge on any atom is -0.495 e. The highest BCUT2D eigenvalue weighted by Gasteiger charge is 2.29. The molecule has 17 heavy (non-hydrogen) atoms. The first kappa shape index (κ1) is 12.3. The molecule has 4 nitrogen and oxygen atoms in total. The first-order valence-electron chi connectivity index (χ1n) is 6.16. The number of hydrogen-bond acceptors (Lipinski definition) is 4. The zero-order valence-corrected chi connectivity index (χ0v) is 10.5. The van der Waals surface area contributed by atoms with Crippen molar-refractivity contribution in [2.75, 3.05) is 26.9 Å². The minimum absolute atomic E-state index is 0.221. The van der Waals surface area contributed by atoms with E-state index in [-0.39, 0.29) is 6.04 Å². The van der Waals surface area contributed by atoms with Gasteiger partial charge >= 0.3 is 0 Å². The zero-order chi connectivity index (χ0) is 12.1. The predicted octanol–water partition coefficient (Wildman–Crippen LogP) is 1.78. The van der Waals surface area contributed by atoms with Crippen molar-refractivity contribution in [2.24, 2.45) is 5.92 Å². The fraction of sp³-hybridized carbons (Fsp3) is 0.615. The van der Waals surface area contributed by atoms with Gasteiger partial charge in [0, 0.05) is 18.7 Å². The van der Waals surface area contributed by atoms with Crippen LogP contribution in [0.25, 0.3) is 0 Å². The summed E-state index contributed by atoms with van der Waals surface area (Å²) in [5, 5.41) is 3.49. The maximum Gasteiger partial charge on any atom is 0.141 e. The highest BCUT2D eigenvalue weighted by molar-refractivity contribution is 5.30. The molecular formula is C13H20N2O2. The quantitative estimate of drug-likeness (QED) is 0.846. The molecule has 1 N–H and O–H groups in total. The molecule has 0 aliphatic carbocycles. The van der Waals surface area contributed by atoms with E-state index < -0.39 is 0 Å². The van der Waals surface area contributed by atoms with E-state index in [1.165, 1.54) is 0 Å². The summed E-state index contributed by atoms with van der Waals surface area (Å²) in [4.78, 5) is 4.47. The van der Waals surface area contributed by atoms with Crippen molar-refractivity contribution in [1.82, 2.24) is 10.3 Å². The van der Waals surface area contributed by atoms with Crippen molar-refractivity contribution in [3.63, 3.8) is 0 Å². The van der Waals surface area contributed by atoms with Gasteiger partial charge in [-0.1, -0.05) is 6.92 Å². The summed E-state index contributed by atoms with van der Waals surface area (Å²) in [6, 6.07) is 4.08. The van der Waals surface area contributed by atoms with E-state index in [0.29, 0.717) is 5.92 Å². The Morgan fingerprint density at radius 1 is 1.65 bits per heavy atom. The molecule has 2 unspecified atom stereocenters. The van der Waals surface area contributed by atoms with Gasteiger partial charge in [0.2, 0.25) is 0 Å². The van der Waals surface area contributed by atoms with Crippen molar-refractivity contribution >= 4 is 0 Å². The second-order valence-corrected chi connectivity index (χ2v) is 4.25. The van der Waals surface area contributed by atoms with Crippen LogP contribution in [0.5, 0.6) is 5.75 Å². The van der Waals surface area contributed by atoms with Gasteiger partial charge in [-0.05, 0) is 25.1 Å². The van der Waals surface area contributed by atoms with E-state index in [4.69, 9.17) is 9.47 Å². The van der Waals surface area contributed by atoms with Gasteiger partial charge in [0.15, 0.2) is 0 Å². The third kappa shape index (κ3) is 2.76. The van der Waals surface area contributed by atoms with E-state index in [0.717, 1.165) is 37.6 Å². The van der Waals surface area contributed by atoms with Gasteiger partial charge < -0.3 is 14.8 Å². The molecule has 0 spiro atoms. The average Bonchev–Trinajstić information content (AvgIpc) is 2.89. The number of methoxy groups -OCH3 is 1. The molecule has 94 valence electrons. The molecule has 2 atom stereocenters. The normalized spacial score (nSPS) is 21.4. The van der Waals surface area contributed by atoms with Crippen LogP contribution in [-0.4, -0.2) is 31.9 Å². The highest BCUT2D eigenvalue weighted by atomic mass is 16.5.